The molecule has 2 rings (SSSR count). The van der Waals surface area contributed by atoms with Crippen LogP contribution in [0.5, 0.6) is 0 Å². The van der Waals surface area contributed by atoms with Gasteiger partial charge in [0.1, 0.15) is 0 Å². The van der Waals surface area contributed by atoms with E-state index in [2.05, 4.69) is 58.0 Å². The van der Waals surface area contributed by atoms with E-state index in [9.17, 15) is 0 Å². The van der Waals surface area contributed by atoms with E-state index in [1.807, 2.05) is 0 Å². The van der Waals surface area contributed by atoms with Crippen LogP contribution in [0.25, 0.3) is 11.1 Å². The Morgan fingerprint density at radius 1 is 1.16 bits per heavy atom. The molecule has 0 fully saturated rings. The summed E-state index contributed by atoms with van der Waals surface area (Å²) in [4.78, 5) is 0. The Hall–Kier alpha value is -1.77. The number of nitrogens with zero attached hydrogens (tertiary/aromatic N) is 1. The average molecular weight is 258 g/mol. The zero-order valence-corrected chi connectivity index (χ0v) is 12.4. The van der Waals surface area contributed by atoms with Crippen molar-refractivity contribution in [3.8, 4) is 11.1 Å². The van der Waals surface area contributed by atoms with Crippen LogP contribution in [0.1, 0.15) is 37.6 Å². The van der Waals surface area contributed by atoms with Crippen LogP contribution < -0.4 is 5.73 Å². The lowest BCUT2D eigenvalue weighted by Crippen LogP contribution is -2.10. The zero-order chi connectivity index (χ0) is 14.2. The van der Waals surface area contributed by atoms with Crippen LogP contribution in [0, 0.1) is 19.3 Å². The minimum atomic E-state index is 0.151. The molecule has 0 saturated heterocycles. The van der Waals surface area contributed by atoms with Gasteiger partial charge in [-0.1, -0.05) is 44.1 Å². The van der Waals surface area contributed by atoms with Gasteiger partial charge >= 0.3 is 0 Å². The third kappa shape index (κ3) is 2.98. The van der Waals surface area contributed by atoms with Gasteiger partial charge in [0.15, 0.2) is 0 Å². The first kappa shape index (κ1) is 13.7. The molecule has 1 aromatic heterocycles. The highest BCUT2D eigenvalue weighted by atomic mass is 16.5. The Morgan fingerprint density at radius 2 is 1.84 bits per heavy atom. The Kier molecular flexibility index (Phi) is 3.40. The topological polar surface area (TPSA) is 52.0 Å². The molecule has 3 nitrogen and oxygen atoms in total. The second-order valence-electron chi connectivity index (χ2n) is 6.40. The third-order valence-electron chi connectivity index (χ3n) is 3.28. The minimum Gasteiger partial charge on any atom is -0.367 e. The number of hydrogen-bond donors (Lipinski definition) is 1. The van der Waals surface area contributed by atoms with E-state index in [0.717, 1.165) is 23.2 Å². The van der Waals surface area contributed by atoms with Crippen LogP contribution in [0.2, 0.25) is 0 Å². The average Bonchev–Trinajstić information content (AvgIpc) is 2.62. The normalized spacial score (nSPS) is 11.8. The summed E-state index contributed by atoms with van der Waals surface area (Å²) in [6, 6.07) is 6.33. The molecular formula is C16H22N2O. The number of rotatable bonds is 2. The second kappa shape index (κ2) is 4.72. The first-order valence-electron chi connectivity index (χ1n) is 6.59. The van der Waals surface area contributed by atoms with Gasteiger partial charge in [-0.15, -0.1) is 0 Å². The number of aromatic nitrogens is 1. The fraction of sp³-hybridized carbons (Fsp3) is 0.438. The number of hydrogen-bond acceptors (Lipinski definition) is 3. The lowest BCUT2D eigenvalue weighted by molar-refractivity contribution is 0.377. The van der Waals surface area contributed by atoms with Crippen molar-refractivity contribution in [1.82, 2.24) is 5.16 Å². The van der Waals surface area contributed by atoms with Gasteiger partial charge in [0, 0.05) is 0 Å². The molecule has 19 heavy (non-hydrogen) atoms. The van der Waals surface area contributed by atoms with E-state index < -0.39 is 0 Å². The van der Waals surface area contributed by atoms with Crippen molar-refractivity contribution >= 4 is 5.88 Å². The summed E-state index contributed by atoms with van der Waals surface area (Å²) in [7, 11) is 0. The van der Waals surface area contributed by atoms with Crippen molar-refractivity contribution in [3.63, 3.8) is 0 Å². The van der Waals surface area contributed by atoms with Crippen molar-refractivity contribution in [3.05, 3.63) is 35.0 Å². The zero-order valence-electron chi connectivity index (χ0n) is 12.4. The lowest BCUT2D eigenvalue weighted by Gasteiger charge is -2.17. The lowest BCUT2D eigenvalue weighted by atomic mass is 9.88. The Balaban J connectivity index is 2.49. The summed E-state index contributed by atoms with van der Waals surface area (Å²) >= 11 is 0. The van der Waals surface area contributed by atoms with Gasteiger partial charge in [-0.3, -0.25) is 0 Å². The predicted molar refractivity (Wildman–Crippen MR) is 79.0 cm³/mol. The fourth-order valence-corrected chi connectivity index (χ4v) is 2.17. The van der Waals surface area contributed by atoms with Gasteiger partial charge in [0.2, 0.25) is 5.88 Å². The minimum absolute atomic E-state index is 0.151. The molecule has 1 heterocycles. The van der Waals surface area contributed by atoms with Crippen LogP contribution in [-0.4, -0.2) is 5.16 Å². The Labute approximate surface area is 114 Å². The number of anilines is 1. The van der Waals surface area contributed by atoms with E-state index in [0.29, 0.717) is 5.88 Å². The molecule has 0 saturated carbocycles. The van der Waals surface area contributed by atoms with Crippen LogP contribution >= 0.6 is 0 Å². The molecule has 2 N–H and O–H groups in total. The van der Waals surface area contributed by atoms with Gasteiger partial charge in [0.25, 0.3) is 0 Å². The second-order valence-corrected chi connectivity index (χ2v) is 6.40. The van der Waals surface area contributed by atoms with Gasteiger partial charge < -0.3 is 10.3 Å². The van der Waals surface area contributed by atoms with E-state index in [1.54, 1.807) is 0 Å². The van der Waals surface area contributed by atoms with Crippen LogP contribution in [0.15, 0.2) is 22.7 Å². The van der Waals surface area contributed by atoms with Gasteiger partial charge in [0.05, 0.1) is 11.3 Å². The highest BCUT2D eigenvalue weighted by Crippen LogP contribution is 2.34. The number of nitrogen functional groups attached to an aromatic ring is 1. The Bertz CT molecular complexity index is 591. The number of benzene rings is 1. The summed E-state index contributed by atoms with van der Waals surface area (Å²) in [5.41, 5.74) is 11.6. The smallest absolute Gasteiger partial charge is 0.230 e. The molecule has 0 atom stereocenters. The van der Waals surface area contributed by atoms with E-state index >= 15 is 0 Å². The maximum Gasteiger partial charge on any atom is 0.230 e. The van der Waals surface area contributed by atoms with E-state index in [4.69, 9.17) is 10.3 Å². The molecule has 0 amide bonds. The molecule has 2 aromatic rings. The molecule has 0 radical (unpaired) electrons. The standard InChI is InChI=1S/C16H22N2O/c1-10-6-7-12(8-11(10)2)14-13(9-16(3,4)5)18-19-15(14)17/h6-8H,9,17H2,1-5H3. The largest absolute Gasteiger partial charge is 0.367 e. The van der Waals surface area contributed by atoms with Crippen LogP contribution in [-0.2, 0) is 6.42 Å². The number of aryl methyl sites for hydroxylation is 2. The monoisotopic (exact) mass is 258 g/mol. The van der Waals surface area contributed by atoms with Gasteiger partial charge in [-0.2, -0.15) is 0 Å². The van der Waals surface area contributed by atoms with Crippen LogP contribution in [0.3, 0.4) is 0 Å². The van der Waals surface area contributed by atoms with Gasteiger partial charge in [-0.25, -0.2) is 0 Å². The first-order valence-corrected chi connectivity index (χ1v) is 6.59. The maximum atomic E-state index is 5.95. The quantitative estimate of drug-likeness (QED) is 0.881. The van der Waals surface area contributed by atoms with Crippen molar-refractivity contribution in [2.45, 2.75) is 41.0 Å². The molecule has 0 aliphatic rings. The molecular weight excluding hydrogens is 236 g/mol. The SMILES string of the molecule is Cc1ccc(-c2c(CC(C)(C)C)noc2N)cc1C. The highest BCUT2D eigenvalue weighted by molar-refractivity contribution is 5.75. The molecule has 0 aliphatic heterocycles. The summed E-state index contributed by atoms with van der Waals surface area (Å²) < 4.78 is 5.19. The third-order valence-corrected chi connectivity index (χ3v) is 3.28. The molecule has 0 aliphatic carbocycles. The van der Waals surface area contributed by atoms with Crippen molar-refractivity contribution in [1.29, 1.82) is 0 Å². The molecule has 0 unspecified atom stereocenters. The maximum absolute atomic E-state index is 5.95. The molecule has 0 bridgehead atoms. The summed E-state index contributed by atoms with van der Waals surface area (Å²) in [5.74, 6) is 0.405. The molecule has 102 valence electrons. The van der Waals surface area contributed by atoms with Gasteiger partial charge in [-0.05, 0) is 42.4 Å². The first-order chi connectivity index (χ1) is 8.78. The fourth-order valence-electron chi connectivity index (χ4n) is 2.17. The molecule has 0 spiro atoms. The highest BCUT2D eigenvalue weighted by Gasteiger charge is 2.21. The van der Waals surface area contributed by atoms with E-state index in [-0.39, 0.29) is 5.41 Å². The predicted octanol–water partition coefficient (Wildman–Crippen LogP) is 4.13. The molecule has 3 heteroatoms. The van der Waals surface area contributed by atoms with Crippen molar-refractivity contribution in [2.75, 3.05) is 5.73 Å². The summed E-state index contributed by atoms with van der Waals surface area (Å²) in [6.07, 6.45) is 0.843. The van der Waals surface area contributed by atoms with Crippen molar-refractivity contribution < 1.29 is 4.52 Å². The summed E-state index contributed by atoms with van der Waals surface area (Å²) in [6.45, 7) is 10.8. The summed E-state index contributed by atoms with van der Waals surface area (Å²) in [5, 5.41) is 4.13. The van der Waals surface area contributed by atoms with Crippen molar-refractivity contribution in [2.24, 2.45) is 5.41 Å². The number of nitrogens with two attached hydrogens (primary N) is 1. The molecule has 1 aromatic carbocycles. The Morgan fingerprint density at radius 3 is 2.42 bits per heavy atom. The van der Waals surface area contributed by atoms with Crippen LogP contribution in [0.4, 0.5) is 5.88 Å². The van der Waals surface area contributed by atoms with E-state index in [1.165, 1.54) is 11.1 Å².